The Morgan fingerprint density at radius 1 is 0.636 bits per heavy atom. The quantitative estimate of drug-likeness (QED) is 0.703. The molecule has 0 aromatic rings. The highest BCUT2D eigenvalue weighted by Crippen LogP contribution is 2.25. The molecule has 2 aliphatic rings. The highest BCUT2D eigenvalue weighted by Gasteiger charge is 2.24. The van der Waals surface area contributed by atoms with Crippen LogP contribution < -0.4 is 0 Å². The molecule has 0 heterocycles. The van der Waals surface area contributed by atoms with E-state index in [9.17, 15) is 14.4 Å². The SMILES string of the molecule is O=C(OCC(=O)C1CCCCC1)OCC(=O)C1CCCCC1. The van der Waals surface area contributed by atoms with Gasteiger partial charge in [-0.2, -0.15) is 0 Å². The van der Waals surface area contributed by atoms with Crippen molar-refractivity contribution < 1.29 is 23.9 Å². The molecule has 22 heavy (non-hydrogen) atoms. The number of Topliss-reactive ketones (excluding diaryl/α,β-unsaturated/α-hetero) is 2. The normalized spacial score (nSPS) is 20.4. The molecule has 5 heteroatoms. The lowest BCUT2D eigenvalue weighted by atomic mass is 9.86. The lowest BCUT2D eigenvalue weighted by Gasteiger charge is -2.20. The van der Waals surface area contributed by atoms with Gasteiger partial charge < -0.3 is 9.47 Å². The van der Waals surface area contributed by atoms with Crippen LogP contribution >= 0.6 is 0 Å². The summed E-state index contributed by atoms with van der Waals surface area (Å²) in [6.45, 7) is -0.470. The van der Waals surface area contributed by atoms with Crippen LogP contribution in [-0.2, 0) is 19.1 Å². The largest absolute Gasteiger partial charge is 0.509 e. The lowest BCUT2D eigenvalue weighted by Crippen LogP contribution is -2.26. The summed E-state index contributed by atoms with van der Waals surface area (Å²) in [4.78, 5) is 35.2. The fourth-order valence-corrected chi connectivity index (χ4v) is 3.39. The maximum atomic E-state index is 11.9. The van der Waals surface area contributed by atoms with Gasteiger partial charge in [0.15, 0.2) is 24.8 Å². The maximum absolute atomic E-state index is 11.9. The molecule has 0 aromatic carbocycles. The lowest BCUT2D eigenvalue weighted by molar-refractivity contribution is -0.129. The summed E-state index contributed by atoms with van der Waals surface area (Å²) in [6.07, 6.45) is 9.25. The Kier molecular flexibility index (Phi) is 6.87. The molecule has 0 unspecified atom stereocenters. The van der Waals surface area contributed by atoms with Crippen molar-refractivity contribution in [2.45, 2.75) is 64.2 Å². The van der Waals surface area contributed by atoms with Gasteiger partial charge in [0.2, 0.25) is 0 Å². The number of hydrogen-bond donors (Lipinski definition) is 0. The Bertz CT molecular complexity index is 356. The van der Waals surface area contributed by atoms with E-state index in [1.807, 2.05) is 0 Å². The van der Waals surface area contributed by atoms with Gasteiger partial charge in [-0.15, -0.1) is 0 Å². The third-order valence-corrected chi connectivity index (χ3v) is 4.79. The average molecular weight is 310 g/mol. The molecule has 0 radical (unpaired) electrons. The summed E-state index contributed by atoms with van der Waals surface area (Å²) in [5.41, 5.74) is 0. The van der Waals surface area contributed by atoms with Crippen LogP contribution in [0.15, 0.2) is 0 Å². The second kappa shape index (κ2) is 8.91. The van der Waals surface area contributed by atoms with E-state index in [1.54, 1.807) is 0 Å². The van der Waals surface area contributed by atoms with Crippen molar-refractivity contribution in [1.29, 1.82) is 0 Å². The van der Waals surface area contributed by atoms with E-state index >= 15 is 0 Å². The van der Waals surface area contributed by atoms with E-state index in [2.05, 4.69) is 0 Å². The first kappa shape index (κ1) is 17.0. The van der Waals surface area contributed by atoms with Crippen molar-refractivity contribution in [3.63, 3.8) is 0 Å². The monoisotopic (exact) mass is 310 g/mol. The third kappa shape index (κ3) is 5.43. The van der Waals surface area contributed by atoms with Crippen LogP contribution in [0.25, 0.3) is 0 Å². The first-order valence-corrected chi connectivity index (χ1v) is 8.52. The van der Waals surface area contributed by atoms with Gasteiger partial charge in [0.1, 0.15) is 0 Å². The van der Waals surface area contributed by atoms with Gasteiger partial charge in [0.05, 0.1) is 0 Å². The highest BCUT2D eigenvalue weighted by atomic mass is 16.7. The zero-order valence-electron chi connectivity index (χ0n) is 13.2. The minimum atomic E-state index is -0.909. The Balaban J connectivity index is 1.60. The van der Waals surface area contributed by atoms with Crippen LogP contribution in [0.1, 0.15) is 64.2 Å². The zero-order valence-corrected chi connectivity index (χ0v) is 13.2. The van der Waals surface area contributed by atoms with Crippen molar-refractivity contribution in [3.8, 4) is 0 Å². The van der Waals surface area contributed by atoms with E-state index in [1.165, 1.54) is 12.8 Å². The second-order valence-corrected chi connectivity index (χ2v) is 6.43. The molecule has 2 fully saturated rings. The summed E-state index contributed by atoms with van der Waals surface area (Å²) < 4.78 is 9.66. The molecule has 0 bridgehead atoms. The van der Waals surface area contributed by atoms with Crippen LogP contribution in [-0.4, -0.2) is 30.9 Å². The second-order valence-electron chi connectivity index (χ2n) is 6.43. The van der Waals surface area contributed by atoms with Crippen LogP contribution in [0.4, 0.5) is 4.79 Å². The van der Waals surface area contributed by atoms with Gasteiger partial charge in [0, 0.05) is 11.8 Å². The molecule has 0 saturated heterocycles. The summed E-state index contributed by atoms with van der Waals surface area (Å²) >= 11 is 0. The maximum Gasteiger partial charge on any atom is 0.509 e. The topological polar surface area (TPSA) is 69.7 Å². The molecule has 2 aliphatic carbocycles. The minimum absolute atomic E-state index is 0.0189. The number of carbonyl (C=O) groups is 3. The first-order valence-electron chi connectivity index (χ1n) is 8.52. The molecular weight excluding hydrogens is 284 g/mol. The summed E-state index contributed by atoms with van der Waals surface area (Å²) in [7, 11) is 0. The Hall–Kier alpha value is -1.39. The van der Waals surface area contributed by atoms with Gasteiger partial charge in [-0.05, 0) is 25.7 Å². The molecular formula is C17H26O5. The predicted octanol–water partition coefficient (Wildman–Crippen LogP) is 3.44. The van der Waals surface area contributed by atoms with E-state index in [0.717, 1.165) is 51.4 Å². The fraction of sp³-hybridized carbons (Fsp3) is 0.824. The van der Waals surface area contributed by atoms with Crippen molar-refractivity contribution >= 4 is 17.7 Å². The molecule has 0 atom stereocenters. The smallest absolute Gasteiger partial charge is 0.426 e. The van der Waals surface area contributed by atoms with Crippen LogP contribution in [0, 0.1) is 11.8 Å². The molecule has 2 saturated carbocycles. The van der Waals surface area contributed by atoms with Crippen molar-refractivity contribution in [3.05, 3.63) is 0 Å². The van der Waals surface area contributed by atoms with Gasteiger partial charge in [0.25, 0.3) is 0 Å². The fourth-order valence-electron chi connectivity index (χ4n) is 3.39. The van der Waals surface area contributed by atoms with Crippen molar-refractivity contribution in [1.82, 2.24) is 0 Å². The average Bonchev–Trinajstić information content (AvgIpc) is 2.59. The molecule has 0 amide bonds. The Morgan fingerprint density at radius 2 is 1.00 bits per heavy atom. The van der Waals surface area contributed by atoms with Crippen molar-refractivity contribution in [2.75, 3.05) is 13.2 Å². The summed E-state index contributed by atoms with van der Waals surface area (Å²) in [5, 5.41) is 0. The van der Waals surface area contributed by atoms with Gasteiger partial charge >= 0.3 is 6.16 Å². The zero-order chi connectivity index (χ0) is 15.8. The molecule has 124 valence electrons. The predicted molar refractivity (Wildman–Crippen MR) is 80.5 cm³/mol. The summed E-state index contributed by atoms with van der Waals surface area (Å²) in [6, 6.07) is 0. The molecule has 0 spiro atoms. The number of hydrogen-bond acceptors (Lipinski definition) is 5. The van der Waals surface area contributed by atoms with Crippen LogP contribution in [0.3, 0.4) is 0 Å². The van der Waals surface area contributed by atoms with Gasteiger partial charge in [-0.1, -0.05) is 38.5 Å². The van der Waals surface area contributed by atoms with Crippen LogP contribution in [0.5, 0.6) is 0 Å². The standard InChI is InChI=1S/C17H26O5/c18-15(13-7-3-1-4-8-13)11-21-17(20)22-12-16(19)14-9-5-2-6-10-14/h13-14H,1-12H2. The summed E-state index contributed by atoms with van der Waals surface area (Å²) in [5.74, 6) is -0.0265. The number of carbonyl (C=O) groups excluding carboxylic acids is 3. The first-order chi connectivity index (χ1) is 10.7. The van der Waals surface area contributed by atoms with Gasteiger partial charge in [-0.3, -0.25) is 9.59 Å². The van der Waals surface area contributed by atoms with Gasteiger partial charge in [-0.25, -0.2) is 4.79 Å². The van der Waals surface area contributed by atoms with Crippen LogP contribution in [0.2, 0.25) is 0 Å². The molecule has 2 rings (SSSR count). The van der Waals surface area contributed by atoms with E-state index in [4.69, 9.17) is 9.47 Å². The van der Waals surface area contributed by atoms with E-state index in [0.29, 0.717) is 0 Å². The third-order valence-electron chi connectivity index (χ3n) is 4.79. The minimum Gasteiger partial charge on any atom is -0.426 e. The highest BCUT2D eigenvalue weighted by molar-refractivity contribution is 5.85. The van der Waals surface area contributed by atoms with Crippen molar-refractivity contribution in [2.24, 2.45) is 11.8 Å². The van der Waals surface area contributed by atoms with E-state index < -0.39 is 6.16 Å². The molecule has 0 N–H and O–H groups in total. The molecule has 0 aliphatic heterocycles. The Labute approximate surface area is 131 Å². The Morgan fingerprint density at radius 3 is 1.36 bits per heavy atom. The number of ketones is 2. The number of ether oxygens (including phenoxy) is 2. The molecule has 0 aromatic heterocycles. The number of rotatable bonds is 6. The van der Waals surface area contributed by atoms with E-state index in [-0.39, 0.29) is 36.6 Å². The molecule has 5 nitrogen and oxygen atoms in total.